The molecule has 0 heterocycles. The van der Waals surface area contributed by atoms with Crippen molar-refractivity contribution in [1.82, 2.24) is 4.90 Å². The topological polar surface area (TPSA) is 27.0 Å². The van der Waals surface area contributed by atoms with Crippen molar-refractivity contribution >= 4 is 11.6 Å². The quantitative estimate of drug-likeness (QED) is 0.783. The molecule has 0 N–H and O–H groups in total. The highest BCUT2D eigenvalue weighted by Crippen LogP contribution is 2.19. The molecule has 1 rings (SSSR count). The smallest absolute Gasteiger partial charge is 0.0992 e. The first kappa shape index (κ1) is 12.0. The van der Waals surface area contributed by atoms with Gasteiger partial charge in [-0.1, -0.05) is 31.5 Å². The van der Waals surface area contributed by atoms with Crippen LogP contribution in [0.5, 0.6) is 0 Å². The minimum Gasteiger partial charge on any atom is -0.300 e. The highest BCUT2D eigenvalue weighted by molar-refractivity contribution is 6.31. The summed E-state index contributed by atoms with van der Waals surface area (Å²) in [5.74, 6) is 0. The standard InChI is InChI=1S/C12H15ClN2/c1-3-15(4-2)9-11-6-5-10(8-14)7-12(11)13/h5-7H,3-4,9H2,1-2H3. The van der Waals surface area contributed by atoms with Gasteiger partial charge in [0.05, 0.1) is 11.6 Å². The molecule has 0 aromatic heterocycles. The Morgan fingerprint density at radius 2 is 2.00 bits per heavy atom. The van der Waals surface area contributed by atoms with E-state index in [1.165, 1.54) is 0 Å². The van der Waals surface area contributed by atoms with Gasteiger partial charge in [0.2, 0.25) is 0 Å². The molecule has 0 bridgehead atoms. The fraction of sp³-hybridized carbons (Fsp3) is 0.417. The molecule has 0 saturated heterocycles. The van der Waals surface area contributed by atoms with Crippen LogP contribution in [-0.2, 0) is 6.54 Å². The minimum absolute atomic E-state index is 0.614. The van der Waals surface area contributed by atoms with Crippen molar-refractivity contribution in [3.63, 3.8) is 0 Å². The van der Waals surface area contributed by atoms with E-state index in [2.05, 4.69) is 24.8 Å². The first-order valence-electron chi connectivity index (χ1n) is 5.12. The second-order valence-electron chi connectivity index (χ2n) is 3.38. The summed E-state index contributed by atoms with van der Waals surface area (Å²) in [6, 6.07) is 7.54. The van der Waals surface area contributed by atoms with Gasteiger partial charge in [-0.25, -0.2) is 0 Å². The maximum absolute atomic E-state index is 8.71. The Bertz CT molecular complexity index is 364. The van der Waals surface area contributed by atoms with Gasteiger partial charge in [0.15, 0.2) is 0 Å². The third-order valence-corrected chi connectivity index (χ3v) is 2.82. The zero-order valence-corrected chi connectivity index (χ0v) is 9.88. The molecular formula is C12H15ClN2. The van der Waals surface area contributed by atoms with Crippen LogP contribution in [0.2, 0.25) is 5.02 Å². The number of rotatable bonds is 4. The van der Waals surface area contributed by atoms with Crippen molar-refractivity contribution in [3.05, 3.63) is 34.3 Å². The van der Waals surface area contributed by atoms with Crippen LogP contribution in [0, 0.1) is 11.3 Å². The van der Waals surface area contributed by atoms with Crippen LogP contribution in [-0.4, -0.2) is 18.0 Å². The molecule has 3 heteroatoms. The van der Waals surface area contributed by atoms with Crippen LogP contribution in [0.1, 0.15) is 25.0 Å². The monoisotopic (exact) mass is 222 g/mol. The summed E-state index contributed by atoms with van der Waals surface area (Å²) in [4.78, 5) is 2.28. The third kappa shape index (κ3) is 3.23. The lowest BCUT2D eigenvalue weighted by Crippen LogP contribution is -2.22. The van der Waals surface area contributed by atoms with Gasteiger partial charge in [0.1, 0.15) is 0 Å². The van der Waals surface area contributed by atoms with E-state index < -0.39 is 0 Å². The third-order valence-electron chi connectivity index (χ3n) is 2.47. The predicted molar refractivity (Wildman–Crippen MR) is 62.8 cm³/mol. The Labute approximate surface area is 96.1 Å². The molecule has 0 aliphatic heterocycles. The van der Waals surface area contributed by atoms with Crippen LogP contribution in [0.4, 0.5) is 0 Å². The highest BCUT2D eigenvalue weighted by Gasteiger charge is 2.05. The number of nitriles is 1. The zero-order chi connectivity index (χ0) is 11.3. The highest BCUT2D eigenvalue weighted by atomic mass is 35.5. The predicted octanol–water partition coefficient (Wildman–Crippen LogP) is 3.05. The fourth-order valence-electron chi connectivity index (χ4n) is 1.43. The zero-order valence-electron chi connectivity index (χ0n) is 9.13. The lowest BCUT2D eigenvalue weighted by atomic mass is 10.1. The maximum Gasteiger partial charge on any atom is 0.0992 e. The summed E-state index contributed by atoms with van der Waals surface area (Å²) < 4.78 is 0. The average Bonchev–Trinajstić information content (AvgIpc) is 2.27. The molecule has 0 saturated carbocycles. The summed E-state index contributed by atoms with van der Waals surface area (Å²) in [6.07, 6.45) is 0. The van der Waals surface area contributed by atoms with E-state index in [-0.39, 0.29) is 0 Å². The van der Waals surface area contributed by atoms with Crippen molar-refractivity contribution < 1.29 is 0 Å². The molecule has 1 aromatic rings. The Kier molecular flexibility index (Phi) is 4.61. The summed E-state index contributed by atoms with van der Waals surface area (Å²) in [5.41, 5.74) is 1.70. The molecule has 2 nitrogen and oxygen atoms in total. The van der Waals surface area contributed by atoms with E-state index in [9.17, 15) is 0 Å². The Morgan fingerprint density at radius 3 is 2.47 bits per heavy atom. The second kappa shape index (κ2) is 5.75. The summed E-state index contributed by atoms with van der Waals surface area (Å²) in [7, 11) is 0. The van der Waals surface area contributed by atoms with Crippen LogP contribution in [0.25, 0.3) is 0 Å². The number of halogens is 1. The van der Waals surface area contributed by atoms with Gasteiger partial charge in [-0.05, 0) is 30.8 Å². The second-order valence-corrected chi connectivity index (χ2v) is 3.79. The molecule has 0 aliphatic rings. The van der Waals surface area contributed by atoms with Gasteiger partial charge in [-0.15, -0.1) is 0 Å². The number of benzene rings is 1. The molecule has 0 amide bonds. The lowest BCUT2D eigenvalue weighted by molar-refractivity contribution is 0.296. The van der Waals surface area contributed by atoms with Gasteiger partial charge < -0.3 is 0 Å². The number of hydrogen-bond donors (Lipinski definition) is 0. The normalized spacial score (nSPS) is 10.3. The first-order chi connectivity index (χ1) is 7.21. The van der Waals surface area contributed by atoms with Crippen molar-refractivity contribution in [2.75, 3.05) is 13.1 Å². The van der Waals surface area contributed by atoms with Crippen molar-refractivity contribution in [2.45, 2.75) is 20.4 Å². The molecule has 15 heavy (non-hydrogen) atoms. The largest absolute Gasteiger partial charge is 0.300 e. The average molecular weight is 223 g/mol. The summed E-state index contributed by atoms with van der Waals surface area (Å²) in [5, 5.41) is 9.39. The minimum atomic E-state index is 0.614. The molecule has 0 unspecified atom stereocenters. The Morgan fingerprint density at radius 1 is 1.33 bits per heavy atom. The summed E-state index contributed by atoms with van der Waals surface area (Å²) in [6.45, 7) is 7.11. The fourth-order valence-corrected chi connectivity index (χ4v) is 1.67. The Balaban J connectivity index is 2.83. The van der Waals surface area contributed by atoms with E-state index in [1.807, 2.05) is 12.1 Å². The molecule has 80 valence electrons. The van der Waals surface area contributed by atoms with Gasteiger partial charge >= 0.3 is 0 Å². The molecule has 0 radical (unpaired) electrons. The van der Waals surface area contributed by atoms with Crippen molar-refractivity contribution in [2.24, 2.45) is 0 Å². The van der Waals surface area contributed by atoms with E-state index in [0.717, 1.165) is 25.2 Å². The van der Waals surface area contributed by atoms with Crippen molar-refractivity contribution in [1.29, 1.82) is 5.26 Å². The number of nitrogens with zero attached hydrogens (tertiary/aromatic N) is 2. The van der Waals surface area contributed by atoms with Crippen LogP contribution in [0.3, 0.4) is 0 Å². The van der Waals surface area contributed by atoms with Crippen LogP contribution in [0.15, 0.2) is 18.2 Å². The van der Waals surface area contributed by atoms with Gasteiger partial charge in [-0.3, -0.25) is 4.90 Å². The molecule has 0 spiro atoms. The van der Waals surface area contributed by atoms with Gasteiger partial charge in [0.25, 0.3) is 0 Å². The van der Waals surface area contributed by atoms with Crippen molar-refractivity contribution in [3.8, 4) is 6.07 Å². The van der Waals surface area contributed by atoms with E-state index in [4.69, 9.17) is 16.9 Å². The molecule has 0 atom stereocenters. The van der Waals surface area contributed by atoms with E-state index in [0.29, 0.717) is 10.6 Å². The Hall–Kier alpha value is -1.04. The number of hydrogen-bond acceptors (Lipinski definition) is 2. The maximum atomic E-state index is 8.71. The SMILES string of the molecule is CCN(CC)Cc1ccc(C#N)cc1Cl. The molecular weight excluding hydrogens is 208 g/mol. The first-order valence-corrected chi connectivity index (χ1v) is 5.50. The lowest BCUT2D eigenvalue weighted by Gasteiger charge is -2.18. The summed E-state index contributed by atoms with van der Waals surface area (Å²) >= 11 is 6.09. The van der Waals surface area contributed by atoms with Crippen LogP contribution < -0.4 is 0 Å². The molecule has 0 fully saturated rings. The molecule has 0 aliphatic carbocycles. The van der Waals surface area contributed by atoms with Gasteiger partial charge in [0, 0.05) is 11.6 Å². The van der Waals surface area contributed by atoms with E-state index in [1.54, 1.807) is 6.07 Å². The van der Waals surface area contributed by atoms with Gasteiger partial charge in [-0.2, -0.15) is 5.26 Å². The van der Waals surface area contributed by atoms with Crippen LogP contribution >= 0.6 is 11.6 Å². The molecule has 1 aromatic carbocycles. The van der Waals surface area contributed by atoms with E-state index >= 15 is 0 Å².